The molecule has 172 valence electrons. The zero-order valence-electron chi connectivity index (χ0n) is 17.5. The second-order valence-electron chi connectivity index (χ2n) is 7.85. The minimum Gasteiger partial charge on any atom is -0.273 e. The lowest BCUT2D eigenvalue weighted by molar-refractivity contribution is -0.671. The molecule has 0 bridgehead atoms. The molecule has 0 spiro atoms. The number of sulfonamides is 1. The lowest BCUT2D eigenvalue weighted by atomic mass is 9.82. The van der Waals surface area contributed by atoms with E-state index in [4.69, 9.17) is 23.2 Å². The van der Waals surface area contributed by atoms with Crippen molar-refractivity contribution < 1.29 is 22.6 Å². The van der Waals surface area contributed by atoms with Crippen LogP contribution < -0.4 is 20.1 Å². The molecule has 0 atom stereocenters. The Morgan fingerprint density at radius 3 is 2.47 bits per heavy atom. The molecule has 1 saturated carbocycles. The van der Waals surface area contributed by atoms with Crippen LogP contribution in [0, 0.1) is 11.8 Å². The lowest BCUT2D eigenvalue weighted by Crippen LogP contribution is -2.46. The Morgan fingerprint density at radius 2 is 1.81 bits per heavy atom. The van der Waals surface area contributed by atoms with E-state index < -0.39 is 15.9 Å². The van der Waals surface area contributed by atoms with Gasteiger partial charge in [0, 0.05) is 23.6 Å². The Morgan fingerprint density at radius 1 is 1.09 bits per heavy atom. The number of hydrogen-bond acceptors (Lipinski definition) is 4. The van der Waals surface area contributed by atoms with Gasteiger partial charge < -0.3 is 0 Å². The summed E-state index contributed by atoms with van der Waals surface area (Å²) in [4.78, 5) is 24.5. The van der Waals surface area contributed by atoms with Crippen molar-refractivity contribution in [2.24, 2.45) is 18.9 Å². The zero-order chi connectivity index (χ0) is 23.3. The quantitative estimate of drug-likeness (QED) is 0.418. The van der Waals surface area contributed by atoms with E-state index in [1.807, 2.05) is 0 Å². The fourth-order valence-electron chi connectivity index (χ4n) is 3.64. The van der Waals surface area contributed by atoms with Gasteiger partial charge in [-0.3, -0.25) is 20.4 Å². The fourth-order valence-corrected chi connectivity index (χ4v) is 5.53. The molecule has 11 heteroatoms. The Hall–Kier alpha value is -2.20. The van der Waals surface area contributed by atoms with E-state index in [9.17, 15) is 18.0 Å². The maximum Gasteiger partial charge on any atom is 0.275 e. The first-order valence-electron chi connectivity index (χ1n) is 10.2. The molecule has 2 aromatic rings. The second kappa shape index (κ2) is 10.6. The van der Waals surface area contributed by atoms with Gasteiger partial charge in [-0.05, 0) is 55.9 Å². The first-order valence-corrected chi connectivity index (χ1v) is 12.4. The Balaban J connectivity index is 1.44. The topological polar surface area (TPSA) is 108 Å². The summed E-state index contributed by atoms with van der Waals surface area (Å²) in [5.74, 6) is -0.760. The molecule has 0 aliphatic heterocycles. The van der Waals surface area contributed by atoms with Crippen molar-refractivity contribution in [3.8, 4) is 0 Å². The van der Waals surface area contributed by atoms with E-state index in [1.54, 1.807) is 36.1 Å². The summed E-state index contributed by atoms with van der Waals surface area (Å²) >= 11 is 11.8. The Kier molecular flexibility index (Phi) is 8.10. The van der Waals surface area contributed by atoms with E-state index in [0.29, 0.717) is 36.3 Å². The molecule has 8 nitrogen and oxygen atoms in total. The van der Waals surface area contributed by atoms with Gasteiger partial charge in [0.25, 0.3) is 5.91 Å². The van der Waals surface area contributed by atoms with E-state index in [1.165, 1.54) is 18.2 Å². The largest absolute Gasteiger partial charge is 0.275 e. The SMILES string of the molecule is C[n+]1cccc(C(=O)NNC(=O)C2CCC(CNS(=O)(=O)c3ccc(Cl)cc3Cl)CC2)c1. The third-order valence-corrected chi connectivity index (χ3v) is 7.61. The average molecular weight is 500 g/mol. The number of nitrogens with zero attached hydrogens (tertiary/aromatic N) is 1. The number of aromatic nitrogens is 1. The minimum atomic E-state index is -3.75. The van der Waals surface area contributed by atoms with Gasteiger partial charge in [-0.25, -0.2) is 17.7 Å². The third kappa shape index (κ3) is 6.41. The minimum absolute atomic E-state index is 0.0145. The van der Waals surface area contributed by atoms with Crippen molar-refractivity contribution in [3.63, 3.8) is 0 Å². The van der Waals surface area contributed by atoms with Crippen LogP contribution in [0.25, 0.3) is 0 Å². The normalized spacial score (nSPS) is 18.7. The van der Waals surface area contributed by atoms with Crippen LogP contribution in [0.15, 0.2) is 47.6 Å². The van der Waals surface area contributed by atoms with Crippen molar-refractivity contribution >= 4 is 45.0 Å². The summed E-state index contributed by atoms with van der Waals surface area (Å²) in [6, 6.07) is 7.64. The van der Waals surface area contributed by atoms with Crippen LogP contribution in [-0.4, -0.2) is 26.8 Å². The van der Waals surface area contributed by atoms with Crippen molar-refractivity contribution in [1.29, 1.82) is 0 Å². The third-order valence-electron chi connectivity index (χ3n) is 5.46. The van der Waals surface area contributed by atoms with Crippen LogP contribution in [0.5, 0.6) is 0 Å². The molecular formula is C21H25Cl2N4O4S+. The van der Waals surface area contributed by atoms with Gasteiger partial charge in [0.1, 0.15) is 17.5 Å². The van der Waals surface area contributed by atoms with Gasteiger partial charge in [-0.15, -0.1) is 0 Å². The molecule has 1 aliphatic carbocycles. The predicted octanol–water partition coefficient (Wildman–Crippen LogP) is 2.36. The first-order chi connectivity index (χ1) is 15.2. The summed E-state index contributed by atoms with van der Waals surface area (Å²) in [6.45, 7) is 0.261. The molecule has 1 aromatic carbocycles. The molecule has 1 fully saturated rings. The molecular weight excluding hydrogens is 475 g/mol. The maximum atomic E-state index is 12.5. The van der Waals surface area contributed by atoms with Gasteiger partial charge in [0.15, 0.2) is 12.4 Å². The van der Waals surface area contributed by atoms with Crippen LogP contribution in [0.1, 0.15) is 36.0 Å². The molecule has 1 heterocycles. The summed E-state index contributed by atoms with van der Waals surface area (Å²) in [6.07, 6.45) is 6.06. The number of carbonyl (C=O) groups excluding carboxylic acids is 2. The zero-order valence-corrected chi connectivity index (χ0v) is 19.8. The number of benzene rings is 1. The maximum absolute atomic E-state index is 12.5. The molecule has 32 heavy (non-hydrogen) atoms. The first kappa shape index (κ1) is 24.4. The molecule has 0 radical (unpaired) electrons. The van der Waals surface area contributed by atoms with Crippen LogP contribution in [0.3, 0.4) is 0 Å². The van der Waals surface area contributed by atoms with Crippen molar-refractivity contribution in [1.82, 2.24) is 15.6 Å². The number of pyridine rings is 1. The highest BCUT2D eigenvalue weighted by atomic mass is 35.5. The summed E-state index contributed by atoms with van der Waals surface area (Å²) in [5, 5.41) is 0.427. The van der Waals surface area contributed by atoms with E-state index in [2.05, 4.69) is 15.6 Å². The van der Waals surface area contributed by atoms with Gasteiger partial charge in [0.05, 0.1) is 5.02 Å². The summed E-state index contributed by atoms with van der Waals surface area (Å²) in [7, 11) is -1.95. The number of halogens is 2. The van der Waals surface area contributed by atoms with Gasteiger partial charge in [0.2, 0.25) is 15.9 Å². The molecule has 1 aliphatic rings. The highest BCUT2D eigenvalue weighted by Crippen LogP contribution is 2.29. The van der Waals surface area contributed by atoms with E-state index in [-0.39, 0.29) is 34.2 Å². The number of nitrogens with one attached hydrogen (secondary N) is 3. The molecule has 3 N–H and O–H groups in total. The summed E-state index contributed by atoms with van der Waals surface area (Å²) < 4.78 is 29.4. The van der Waals surface area contributed by atoms with Crippen molar-refractivity contribution in [2.45, 2.75) is 30.6 Å². The van der Waals surface area contributed by atoms with Gasteiger partial charge in [-0.2, -0.15) is 0 Å². The van der Waals surface area contributed by atoms with Gasteiger partial charge in [-0.1, -0.05) is 23.2 Å². The Labute approximate surface area is 197 Å². The Bertz CT molecular complexity index is 1100. The lowest BCUT2D eigenvalue weighted by Gasteiger charge is -2.27. The molecule has 2 amide bonds. The monoisotopic (exact) mass is 499 g/mol. The number of hydrogen-bond donors (Lipinski definition) is 3. The molecule has 3 rings (SSSR count). The van der Waals surface area contributed by atoms with E-state index >= 15 is 0 Å². The second-order valence-corrected chi connectivity index (χ2v) is 10.4. The highest BCUT2D eigenvalue weighted by molar-refractivity contribution is 7.89. The van der Waals surface area contributed by atoms with Crippen LogP contribution >= 0.6 is 23.2 Å². The summed E-state index contributed by atoms with van der Waals surface area (Å²) in [5.41, 5.74) is 5.37. The molecule has 1 aromatic heterocycles. The number of rotatable bonds is 6. The van der Waals surface area contributed by atoms with Crippen molar-refractivity contribution in [2.75, 3.05) is 6.54 Å². The van der Waals surface area contributed by atoms with Crippen LogP contribution in [-0.2, 0) is 21.9 Å². The predicted molar refractivity (Wildman–Crippen MR) is 120 cm³/mol. The smallest absolute Gasteiger partial charge is 0.273 e. The standard InChI is InChI=1S/C21H24Cl2N4O4S/c1-27-10-2-3-16(13-27)21(29)26-25-20(28)15-6-4-14(5-7-15)12-24-32(30,31)19-9-8-17(22)11-18(19)23/h2-3,8-11,13-15,24H,4-7,12H2,1H3,(H-,25,26,28,29)/p+1. The average Bonchev–Trinajstić information content (AvgIpc) is 2.76. The fraction of sp³-hybridized carbons (Fsp3) is 0.381. The highest BCUT2D eigenvalue weighted by Gasteiger charge is 2.28. The van der Waals surface area contributed by atoms with Crippen LogP contribution in [0.4, 0.5) is 0 Å². The number of amides is 2. The van der Waals surface area contributed by atoms with Gasteiger partial charge >= 0.3 is 0 Å². The number of aryl methyl sites for hydroxylation is 1. The van der Waals surface area contributed by atoms with Crippen LogP contribution in [0.2, 0.25) is 10.0 Å². The molecule has 0 unspecified atom stereocenters. The number of carbonyl (C=O) groups is 2. The van der Waals surface area contributed by atoms with Crippen molar-refractivity contribution in [3.05, 3.63) is 58.3 Å². The number of hydrazine groups is 1. The van der Waals surface area contributed by atoms with E-state index in [0.717, 1.165) is 0 Å². The molecule has 0 saturated heterocycles.